The SMILES string of the molecule is CCc1ccc(-c2csc(CCN)n2)s1. The summed E-state index contributed by atoms with van der Waals surface area (Å²) in [6, 6.07) is 4.34. The molecule has 2 rings (SSSR count). The molecule has 0 aliphatic heterocycles. The van der Waals surface area contributed by atoms with Crippen LogP contribution in [0.2, 0.25) is 0 Å². The van der Waals surface area contributed by atoms with Crippen molar-refractivity contribution >= 4 is 22.7 Å². The first-order valence-electron chi connectivity index (χ1n) is 5.07. The van der Waals surface area contributed by atoms with Crippen molar-refractivity contribution in [2.45, 2.75) is 19.8 Å². The highest BCUT2D eigenvalue weighted by atomic mass is 32.1. The molecule has 0 fully saturated rings. The van der Waals surface area contributed by atoms with Crippen molar-refractivity contribution in [1.29, 1.82) is 0 Å². The quantitative estimate of drug-likeness (QED) is 0.889. The molecule has 0 aliphatic carbocycles. The van der Waals surface area contributed by atoms with Crippen molar-refractivity contribution in [3.63, 3.8) is 0 Å². The van der Waals surface area contributed by atoms with E-state index in [1.165, 1.54) is 9.75 Å². The normalized spacial score (nSPS) is 10.8. The molecule has 0 atom stereocenters. The van der Waals surface area contributed by atoms with E-state index in [0.717, 1.165) is 23.5 Å². The Morgan fingerprint density at radius 1 is 1.40 bits per heavy atom. The van der Waals surface area contributed by atoms with Gasteiger partial charge in [0.1, 0.15) is 0 Å². The molecule has 0 aromatic carbocycles. The Hall–Kier alpha value is -0.710. The molecule has 0 saturated carbocycles. The van der Waals surface area contributed by atoms with Gasteiger partial charge in [0, 0.05) is 16.7 Å². The lowest BCUT2D eigenvalue weighted by molar-refractivity contribution is 0.954. The molecule has 0 bridgehead atoms. The molecule has 0 unspecified atom stereocenters. The first-order chi connectivity index (χ1) is 7.33. The van der Waals surface area contributed by atoms with Crippen molar-refractivity contribution in [3.8, 4) is 10.6 Å². The number of thiophene rings is 1. The number of hydrogen-bond donors (Lipinski definition) is 1. The van der Waals surface area contributed by atoms with Gasteiger partial charge in [0.05, 0.1) is 15.6 Å². The van der Waals surface area contributed by atoms with Crippen molar-refractivity contribution in [1.82, 2.24) is 4.98 Å². The van der Waals surface area contributed by atoms with Crippen LogP contribution in [0.25, 0.3) is 10.6 Å². The molecule has 80 valence electrons. The topological polar surface area (TPSA) is 38.9 Å². The Balaban J connectivity index is 2.21. The number of nitrogens with zero attached hydrogens (tertiary/aromatic N) is 1. The molecular weight excluding hydrogens is 224 g/mol. The first kappa shape index (κ1) is 10.8. The van der Waals surface area contributed by atoms with Gasteiger partial charge in [-0.25, -0.2) is 4.98 Å². The van der Waals surface area contributed by atoms with E-state index in [9.17, 15) is 0 Å². The molecule has 15 heavy (non-hydrogen) atoms. The highest BCUT2D eigenvalue weighted by Crippen LogP contribution is 2.29. The van der Waals surface area contributed by atoms with E-state index in [-0.39, 0.29) is 0 Å². The summed E-state index contributed by atoms with van der Waals surface area (Å²) in [7, 11) is 0. The molecule has 0 amide bonds. The Kier molecular flexibility index (Phi) is 3.51. The Bertz CT molecular complexity index is 431. The van der Waals surface area contributed by atoms with E-state index in [4.69, 9.17) is 5.73 Å². The van der Waals surface area contributed by atoms with E-state index in [1.54, 1.807) is 11.3 Å². The van der Waals surface area contributed by atoms with Gasteiger partial charge < -0.3 is 5.73 Å². The Labute approximate surface area is 97.8 Å². The number of thiazole rings is 1. The van der Waals surface area contributed by atoms with Gasteiger partial charge in [-0.3, -0.25) is 0 Å². The van der Waals surface area contributed by atoms with Gasteiger partial charge in [-0.05, 0) is 25.1 Å². The number of aromatic nitrogens is 1. The van der Waals surface area contributed by atoms with Crippen LogP contribution in [0.4, 0.5) is 0 Å². The second-order valence-electron chi connectivity index (χ2n) is 3.28. The van der Waals surface area contributed by atoms with E-state index in [1.807, 2.05) is 11.3 Å². The maximum absolute atomic E-state index is 5.50. The van der Waals surface area contributed by atoms with Gasteiger partial charge in [-0.2, -0.15) is 0 Å². The smallest absolute Gasteiger partial charge is 0.0945 e. The van der Waals surface area contributed by atoms with Crippen LogP contribution in [-0.4, -0.2) is 11.5 Å². The summed E-state index contributed by atoms with van der Waals surface area (Å²) in [6.45, 7) is 2.86. The van der Waals surface area contributed by atoms with Gasteiger partial charge >= 0.3 is 0 Å². The van der Waals surface area contributed by atoms with E-state index < -0.39 is 0 Å². The monoisotopic (exact) mass is 238 g/mol. The number of aryl methyl sites for hydroxylation is 1. The summed E-state index contributed by atoms with van der Waals surface area (Å²) in [5.41, 5.74) is 6.61. The molecule has 2 N–H and O–H groups in total. The maximum Gasteiger partial charge on any atom is 0.0945 e. The average molecular weight is 238 g/mol. The van der Waals surface area contributed by atoms with Crippen molar-refractivity contribution in [3.05, 3.63) is 27.4 Å². The molecule has 2 heterocycles. The summed E-state index contributed by atoms with van der Waals surface area (Å²) in [5.74, 6) is 0. The van der Waals surface area contributed by atoms with Crippen molar-refractivity contribution < 1.29 is 0 Å². The summed E-state index contributed by atoms with van der Waals surface area (Å²) >= 11 is 3.53. The predicted molar refractivity (Wildman–Crippen MR) is 67.6 cm³/mol. The molecular formula is C11H14N2S2. The average Bonchev–Trinajstić information content (AvgIpc) is 2.85. The lowest BCUT2D eigenvalue weighted by Gasteiger charge is -1.90. The first-order valence-corrected chi connectivity index (χ1v) is 6.76. The van der Waals surface area contributed by atoms with Gasteiger partial charge in [0.15, 0.2) is 0 Å². The zero-order valence-electron chi connectivity index (χ0n) is 8.69. The van der Waals surface area contributed by atoms with Crippen molar-refractivity contribution in [2.24, 2.45) is 5.73 Å². The maximum atomic E-state index is 5.50. The fourth-order valence-electron chi connectivity index (χ4n) is 1.37. The summed E-state index contributed by atoms with van der Waals surface area (Å²) < 4.78 is 0. The summed E-state index contributed by atoms with van der Waals surface area (Å²) in [6.07, 6.45) is 1.99. The lowest BCUT2D eigenvalue weighted by atomic mass is 10.3. The van der Waals surface area contributed by atoms with Crippen LogP contribution < -0.4 is 5.73 Å². The van der Waals surface area contributed by atoms with Crippen molar-refractivity contribution in [2.75, 3.05) is 6.54 Å². The number of nitrogens with two attached hydrogens (primary N) is 1. The fourth-order valence-corrected chi connectivity index (χ4v) is 3.16. The molecule has 0 saturated heterocycles. The van der Waals surface area contributed by atoms with Crippen LogP contribution in [-0.2, 0) is 12.8 Å². The fraction of sp³-hybridized carbons (Fsp3) is 0.364. The summed E-state index contributed by atoms with van der Waals surface area (Å²) in [5, 5.41) is 3.26. The molecule has 2 aromatic heterocycles. The minimum absolute atomic E-state index is 0.678. The van der Waals surface area contributed by atoms with Crippen LogP contribution in [0.15, 0.2) is 17.5 Å². The lowest BCUT2D eigenvalue weighted by Crippen LogP contribution is -2.01. The Morgan fingerprint density at radius 2 is 2.27 bits per heavy atom. The van der Waals surface area contributed by atoms with E-state index in [0.29, 0.717) is 6.54 Å². The zero-order valence-corrected chi connectivity index (χ0v) is 10.3. The third-order valence-electron chi connectivity index (χ3n) is 2.17. The third kappa shape index (κ3) is 2.45. The number of rotatable bonds is 4. The second kappa shape index (κ2) is 4.88. The van der Waals surface area contributed by atoms with Crippen LogP contribution in [0.5, 0.6) is 0 Å². The van der Waals surface area contributed by atoms with Gasteiger partial charge in [-0.1, -0.05) is 6.92 Å². The van der Waals surface area contributed by atoms with Crippen LogP contribution >= 0.6 is 22.7 Å². The Morgan fingerprint density at radius 3 is 2.93 bits per heavy atom. The van der Waals surface area contributed by atoms with E-state index >= 15 is 0 Å². The summed E-state index contributed by atoms with van der Waals surface area (Å²) in [4.78, 5) is 7.25. The molecule has 0 aliphatic rings. The molecule has 0 spiro atoms. The van der Waals surface area contributed by atoms with Crippen LogP contribution in [0.1, 0.15) is 16.8 Å². The third-order valence-corrected chi connectivity index (χ3v) is 4.33. The van der Waals surface area contributed by atoms with Gasteiger partial charge in [0.2, 0.25) is 0 Å². The highest BCUT2D eigenvalue weighted by molar-refractivity contribution is 7.16. The molecule has 2 aromatic rings. The standard InChI is InChI=1S/C11H14N2S2/c1-2-8-3-4-10(15-8)9-7-14-11(13-9)5-6-12/h3-4,7H,2,5-6,12H2,1H3. The highest BCUT2D eigenvalue weighted by Gasteiger charge is 2.06. The predicted octanol–water partition coefficient (Wildman–Crippen LogP) is 2.94. The van der Waals surface area contributed by atoms with Crippen LogP contribution in [0, 0.1) is 0 Å². The minimum Gasteiger partial charge on any atom is -0.330 e. The molecule has 4 heteroatoms. The zero-order chi connectivity index (χ0) is 10.7. The minimum atomic E-state index is 0.678. The van der Waals surface area contributed by atoms with E-state index in [2.05, 4.69) is 29.4 Å². The second-order valence-corrected chi connectivity index (χ2v) is 5.40. The molecule has 2 nitrogen and oxygen atoms in total. The largest absolute Gasteiger partial charge is 0.330 e. The van der Waals surface area contributed by atoms with Crippen LogP contribution in [0.3, 0.4) is 0 Å². The van der Waals surface area contributed by atoms with Gasteiger partial charge in [-0.15, -0.1) is 22.7 Å². The number of hydrogen-bond acceptors (Lipinski definition) is 4. The molecule has 0 radical (unpaired) electrons. The van der Waals surface area contributed by atoms with Gasteiger partial charge in [0.25, 0.3) is 0 Å².